The third-order valence-electron chi connectivity index (χ3n) is 4.73. The molecule has 1 fully saturated rings. The second-order valence-electron chi connectivity index (χ2n) is 6.67. The molecule has 1 unspecified atom stereocenters. The topological polar surface area (TPSA) is 51.0 Å². The van der Waals surface area contributed by atoms with Gasteiger partial charge in [0, 0.05) is 30.6 Å². The summed E-state index contributed by atoms with van der Waals surface area (Å²) in [5.41, 5.74) is 3.27. The van der Waals surface area contributed by atoms with Gasteiger partial charge in [-0.25, -0.2) is 0 Å². The molecule has 0 bridgehead atoms. The van der Waals surface area contributed by atoms with Gasteiger partial charge >= 0.3 is 0 Å². The summed E-state index contributed by atoms with van der Waals surface area (Å²) in [6, 6.07) is 8.31. The number of carbonyl (C=O) groups excluding carboxylic acids is 1. The molecular weight excluding hydrogens is 300 g/mol. The Morgan fingerprint density at radius 3 is 2.92 bits per heavy atom. The van der Waals surface area contributed by atoms with Gasteiger partial charge in [0.15, 0.2) is 0 Å². The van der Waals surface area contributed by atoms with Crippen LogP contribution >= 0.6 is 0 Å². The minimum Gasteiger partial charge on any atom is -0.338 e. The lowest BCUT2D eigenvalue weighted by atomic mass is 10.1. The van der Waals surface area contributed by atoms with Crippen molar-refractivity contribution in [3.8, 4) is 0 Å². The SMILES string of the molecule is Cc1cc(C)n(CC2CCCN2C(=O)CCCc2ccccn2)n1. The van der Waals surface area contributed by atoms with Gasteiger partial charge in [-0.2, -0.15) is 5.10 Å². The Labute approximate surface area is 143 Å². The molecule has 1 atom stereocenters. The van der Waals surface area contributed by atoms with Crippen molar-refractivity contribution in [3.05, 3.63) is 47.5 Å². The van der Waals surface area contributed by atoms with Crippen molar-refractivity contribution in [2.75, 3.05) is 6.54 Å². The van der Waals surface area contributed by atoms with Crippen molar-refractivity contribution >= 4 is 5.91 Å². The van der Waals surface area contributed by atoms with Crippen molar-refractivity contribution in [2.45, 2.75) is 58.5 Å². The molecule has 0 radical (unpaired) electrons. The van der Waals surface area contributed by atoms with Gasteiger partial charge < -0.3 is 4.90 Å². The molecule has 2 aromatic rings. The molecule has 0 spiro atoms. The van der Waals surface area contributed by atoms with Crippen molar-refractivity contribution in [2.24, 2.45) is 0 Å². The lowest BCUT2D eigenvalue weighted by Crippen LogP contribution is -2.38. The average Bonchev–Trinajstić information content (AvgIpc) is 3.15. The first-order valence-electron chi connectivity index (χ1n) is 8.84. The van der Waals surface area contributed by atoms with Crippen LogP contribution in [0.4, 0.5) is 0 Å². The Kier molecular flexibility index (Phi) is 5.28. The molecule has 3 heterocycles. The monoisotopic (exact) mass is 326 g/mol. The smallest absolute Gasteiger partial charge is 0.222 e. The fourth-order valence-corrected chi connectivity index (χ4v) is 3.52. The molecule has 1 amide bonds. The lowest BCUT2D eigenvalue weighted by molar-refractivity contribution is -0.132. The molecule has 1 saturated heterocycles. The molecular formula is C19H26N4O. The first-order chi connectivity index (χ1) is 11.6. The molecule has 1 aliphatic rings. The Bertz CT molecular complexity index is 680. The zero-order chi connectivity index (χ0) is 16.9. The van der Waals surface area contributed by atoms with Crippen molar-refractivity contribution < 1.29 is 4.79 Å². The number of rotatable bonds is 6. The van der Waals surface area contributed by atoms with Crippen molar-refractivity contribution in [3.63, 3.8) is 0 Å². The number of aromatic nitrogens is 3. The maximum absolute atomic E-state index is 12.6. The minimum atomic E-state index is 0.273. The van der Waals surface area contributed by atoms with Gasteiger partial charge in [0.2, 0.25) is 5.91 Å². The minimum absolute atomic E-state index is 0.273. The maximum Gasteiger partial charge on any atom is 0.222 e. The summed E-state index contributed by atoms with van der Waals surface area (Å²) in [6.07, 6.45) is 6.30. The van der Waals surface area contributed by atoms with E-state index in [0.29, 0.717) is 6.42 Å². The third-order valence-corrected chi connectivity index (χ3v) is 4.73. The summed E-state index contributed by atoms with van der Waals surface area (Å²) in [5, 5.41) is 4.54. The van der Waals surface area contributed by atoms with E-state index in [9.17, 15) is 4.79 Å². The van der Waals surface area contributed by atoms with Crippen LogP contribution in [-0.2, 0) is 17.8 Å². The van der Waals surface area contributed by atoms with Crippen LogP contribution in [0.5, 0.6) is 0 Å². The summed E-state index contributed by atoms with van der Waals surface area (Å²) in [4.78, 5) is 19.0. The van der Waals surface area contributed by atoms with Crippen LogP contribution in [0.2, 0.25) is 0 Å². The van der Waals surface area contributed by atoms with E-state index in [-0.39, 0.29) is 11.9 Å². The highest BCUT2D eigenvalue weighted by Crippen LogP contribution is 2.21. The van der Waals surface area contributed by atoms with Crippen LogP contribution in [0.15, 0.2) is 30.5 Å². The van der Waals surface area contributed by atoms with Crippen molar-refractivity contribution in [1.82, 2.24) is 19.7 Å². The van der Waals surface area contributed by atoms with E-state index in [2.05, 4.69) is 28.0 Å². The number of hydrogen-bond donors (Lipinski definition) is 0. The maximum atomic E-state index is 12.6. The Hall–Kier alpha value is -2.17. The van der Waals surface area contributed by atoms with Gasteiger partial charge in [0.05, 0.1) is 18.3 Å². The van der Waals surface area contributed by atoms with E-state index < -0.39 is 0 Å². The van der Waals surface area contributed by atoms with Gasteiger partial charge in [0.25, 0.3) is 0 Å². The number of hydrogen-bond acceptors (Lipinski definition) is 3. The molecule has 3 rings (SSSR count). The second kappa shape index (κ2) is 7.60. The molecule has 24 heavy (non-hydrogen) atoms. The Balaban J connectivity index is 1.52. The predicted molar refractivity (Wildman–Crippen MR) is 93.6 cm³/mol. The van der Waals surface area contributed by atoms with Crippen LogP contribution in [0.1, 0.15) is 42.8 Å². The number of pyridine rings is 1. The summed E-state index contributed by atoms with van der Waals surface area (Å²) >= 11 is 0. The van der Waals surface area contributed by atoms with Crippen LogP contribution in [-0.4, -0.2) is 38.2 Å². The summed E-state index contributed by atoms with van der Waals surface area (Å²) < 4.78 is 2.04. The number of carbonyl (C=O) groups is 1. The van der Waals surface area contributed by atoms with E-state index in [1.165, 1.54) is 5.69 Å². The quantitative estimate of drug-likeness (QED) is 0.820. The largest absolute Gasteiger partial charge is 0.338 e. The van der Waals surface area contributed by atoms with Gasteiger partial charge in [-0.1, -0.05) is 6.07 Å². The molecule has 5 nitrogen and oxygen atoms in total. The zero-order valence-corrected chi connectivity index (χ0v) is 14.6. The van der Waals surface area contributed by atoms with Gasteiger partial charge in [0.1, 0.15) is 0 Å². The molecule has 0 aromatic carbocycles. The molecule has 5 heteroatoms. The normalized spacial score (nSPS) is 17.4. The van der Waals surface area contributed by atoms with Gasteiger partial charge in [-0.05, 0) is 57.7 Å². The standard InChI is InChI=1S/C19H26N4O/c1-15-13-16(2)23(21-15)14-18-9-6-12-22(18)19(24)10-5-8-17-7-3-4-11-20-17/h3-4,7,11,13,18H,5-6,8-10,12,14H2,1-2H3. The molecule has 1 aliphatic heterocycles. The van der Waals surface area contributed by atoms with Gasteiger partial charge in [-0.15, -0.1) is 0 Å². The van der Waals surface area contributed by atoms with E-state index in [0.717, 1.165) is 50.2 Å². The highest BCUT2D eigenvalue weighted by atomic mass is 16.2. The Morgan fingerprint density at radius 1 is 1.33 bits per heavy atom. The van der Waals surface area contributed by atoms with E-state index in [4.69, 9.17) is 0 Å². The number of aryl methyl sites for hydroxylation is 3. The van der Waals surface area contributed by atoms with Crippen LogP contribution in [0.25, 0.3) is 0 Å². The zero-order valence-electron chi connectivity index (χ0n) is 14.6. The van der Waals surface area contributed by atoms with E-state index in [1.54, 1.807) is 0 Å². The highest BCUT2D eigenvalue weighted by molar-refractivity contribution is 5.76. The second-order valence-corrected chi connectivity index (χ2v) is 6.67. The van der Waals surface area contributed by atoms with Crippen LogP contribution < -0.4 is 0 Å². The van der Waals surface area contributed by atoms with Crippen molar-refractivity contribution in [1.29, 1.82) is 0 Å². The van der Waals surface area contributed by atoms with E-state index >= 15 is 0 Å². The van der Waals surface area contributed by atoms with Crippen LogP contribution in [0, 0.1) is 13.8 Å². The molecule has 128 valence electrons. The average molecular weight is 326 g/mol. The molecule has 2 aromatic heterocycles. The first kappa shape index (κ1) is 16.7. The fraction of sp³-hybridized carbons (Fsp3) is 0.526. The molecule has 0 saturated carbocycles. The summed E-state index contributed by atoms with van der Waals surface area (Å²) in [5.74, 6) is 0.273. The third kappa shape index (κ3) is 4.02. The van der Waals surface area contributed by atoms with E-state index in [1.807, 2.05) is 36.0 Å². The Morgan fingerprint density at radius 2 is 2.21 bits per heavy atom. The fourth-order valence-electron chi connectivity index (χ4n) is 3.52. The number of nitrogens with zero attached hydrogens (tertiary/aromatic N) is 4. The number of amides is 1. The molecule has 0 aliphatic carbocycles. The highest BCUT2D eigenvalue weighted by Gasteiger charge is 2.29. The summed E-state index contributed by atoms with van der Waals surface area (Å²) in [6.45, 7) is 5.78. The molecule has 0 N–H and O–H groups in total. The first-order valence-corrected chi connectivity index (χ1v) is 8.84. The van der Waals surface area contributed by atoms with Crippen LogP contribution in [0.3, 0.4) is 0 Å². The lowest BCUT2D eigenvalue weighted by Gasteiger charge is -2.25. The summed E-state index contributed by atoms with van der Waals surface area (Å²) in [7, 11) is 0. The predicted octanol–water partition coefficient (Wildman–Crippen LogP) is 2.91. The number of likely N-dealkylation sites (tertiary alicyclic amines) is 1. The van der Waals surface area contributed by atoms with Gasteiger partial charge in [-0.3, -0.25) is 14.5 Å².